The summed E-state index contributed by atoms with van der Waals surface area (Å²) >= 11 is 2.04. The third kappa shape index (κ3) is 2.95. The number of hydrogen-bond acceptors (Lipinski definition) is 2. The van der Waals surface area contributed by atoms with Crippen LogP contribution in [0.2, 0.25) is 0 Å². The molecule has 1 N–H and O–H groups in total. The lowest BCUT2D eigenvalue weighted by Crippen LogP contribution is -2.18. The average Bonchev–Trinajstić information content (AvgIpc) is 2.42. The largest absolute Gasteiger partial charge is 0.387 e. The van der Waals surface area contributed by atoms with E-state index in [-0.39, 0.29) is 0 Å². The van der Waals surface area contributed by atoms with Crippen LogP contribution in [0.4, 0.5) is 0 Å². The van der Waals surface area contributed by atoms with E-state index in [1.165, 1.54) is 16.7 Å². The Labute approximate surface area is 119 Å². The molecule has 0 radical (unpaired) electrons. The molecule has 2 aliphatic rings. The number of thioether (sulfide) groups is 1. The second-order valence-electron chi connectivity index (χ2n) is 5.11. The van der Waals surface area contributed by atoms with Gasteiger partial charge in [-0.1, -0.05) is 55.5 Å². The molecular formula is C17H19NS. The first-order valence-electron chi connectivity index (χ1n) is 6.83. The Balaban J connectivity index is 1.90. The topological polar surface area (TPSA) is 12.0 Å². The van der Waals surface area contributed by atoms with E-state index in [0.717, 1.165) is 13.0 Å². The zero-order valence-corrected chi connectivity index (χ0v) is 12.0. The van der Waals surface area contributed by atoms with Gasteiger partial charge in [0.2, 0.25) is 0 Å². The molecule has 98 valence electrons. The van der Waals surface area contributed by atoms with Crippen molar-refractivity contribution in [3.63, 3.8) is 0 Å². The summed E-state index contributed by atoms with van der Waals surface area (Å²) in [6.45, 7) is 3.25. The van der Waals surface area contributed by atoms with Gasteiger partial charge >= 0.3 is 0 Å². The Morgan fingerprint density at radius 3 is 2.89 bits per heavy atom. The first-order chi connectivity index (χ1) is 9.33. The summed E-state index contributed by atoms with van der Waals surface area (Å²) in [5.41, 5.74) is 4.27. The average molecular weight is 269 g/mol. The number of fused-ring (bicyclic) bond motifs is 2. The van der Waals surface area contributed by atoms with Gasteiger partial charge in [0.1, 0.15) is 0 Å². The van der Waals surface area contributed by atoms with Crippen molar-refractivity contribution in [2.24, 2.45) is 0 Å². The van der Waals surface area contributed by atoms with Gasteiger partial charge in [0.05, 0.1) is 0 Å². The highest BCUT2D eigenvalue weighted by Crippen LogP contribution is 2.30. The molecule has 1 aromatic carbocycles. The molecule has 0 fully saturated rings. The molecule has 0 saturated carbocycles. The number of rotatable bonds is 0. The highest BCUT2D eigenvalue weighted by atomic mass is 32.2. The van der Waals surface area contributed by atoms with Crippen LogP contribution in [-0.2, 0) is 13.0 Å². The van der Waals surface area contributed by atoms with Crippen LogP contribution in [0.1, 0.15) is 18.1 Å². The second-order valence-corrected chi connectivity index (χ2v) is 6.69. The Kier molecular flexibility index (Phi) is 3.79. The summed E-state index contributed by atoms with van der Waals surface area (Å²) < 4.78 is 0. The molecule has 2 unspecified atom stereocenters. The number of benzene rings is 1. The molecule has 0 aromatic heterocycles. The zero-order chi connectivity index (χ0) is 13.1. The molecular weight excluding hydrogens is 250 g/mol. The quantitative estimate of drug-likeness (QED) is 0.768. The third-order valence-electron chi connectivity index (χ3n) is 3.58. The van der Waals surface area contributed by atoms with Crippen LogP contribution in [0.5, 0.6) is 0 Å². The van der Waals surface area contributed by atoms with Gasteiger partial charge in [-0.05, 0) is 23.1 Å². The Morgan fingerprint density at radius 1 is 1.16 bits per heavy atom. The molecule has 19 heavy (non-hydrogen) atoms. The van der Waals surface area contributed by atoms with E-state index >= 15 is 0 Å². The van der Waals surface area contributed by atoms with Crippen molar-refractivity contribution in [2.45, 2.75) is 30.4 Å². The molecule has 0 amide bonds. The van der Waals surface area contributed by atoms with Crippen molar-refractivity contribution in [1.29, 1.82) is 0 Å². The van der Waals surface area contributed by atoms with Crippen molar-refractivity contribution in [3.8, 4) is 0 Å². The highest BCUT2D eigenvalue weighted by molar-refractivity contribution is 8.00. The molecule has 0 saturated heterocycles. The molecule has 1 aliphatic carbocycles. The minimum absolute atomic E-state index is 0.484. The van der Waals surface area contributed by atoms with Gasteiger partial charge in [-0.3, -0.25) is 0 Å². The van der Waals surface area contributed by atoms with Crippen molar-refractivity contribution < 1.29 is 0 Å². The van der Waals surface area contributed by atoms with Crippen molar-refractivity contribution in [3.05, 3.63) is 71.5 Å². The SMILES string of the molecule is CC1Cc2ccccc2CN/C=C2/C=CC=CC2S1. The predicted octanol–water partition coefficient (Wildman–Crippen LogP) is 3.83. The Bertz CT molecular complexity index is 542. The molecule has 1 nitrogen and oxygen atoms in total. The molecule has 3 rings (SSSR count). The van der Waals surface area contributed by atoms with Gasteiger partial charge in [0, 0.05) is 23.2 Å². The lowest BCUT2D eigenvalue weighted by atomic mass is 10.0. The molecule has 1 aromatic rings. The van der Waals surface area contributed by atoms with E-state index in [1.807, 2.05) is 11.8 Å². The molecule has 1 aliphatic heterocycles. The summed E-state index contributed by atoms with van der Waals surface area (Å²) in [7, 11) is 0. The lowest BCUT2D eigenvalue weighted by Gasteiger charge is -2.23. The maximum atomic E-state index is 3.46. The van der Waals surface area contributed by atoms with E-state index in [2.05, 4.69) is 67.0 Å². The van der Waals surface area contributed by atoms with E-state index in [1.54, 1.807) is 0 Å². The molecule has 2 heteroatoms. The smallest absolute Gasteiger partial charge is 0.0497 e. The number of nitrogens with one attached hydrogen (secondary N) is 1. The number of allylic oxidation sites excluding steroid dienone is 3. The first kappa shape index (κ1) is 12.6. The second kappa shape index (κ2) is 5.70. The van der Waals surface area contributed by atoms with Crippen molar-refractivity contribution >= 4 is 11.8 Å². The third-order valence-corrected chi connectivity index (χ3v) is 4.93. The number of hydrogen-bond donors (Lipinski definition) is 1. The van der Waals surface area contributed by atoms with Crippen LogP contribution < -0.4 is 5.32 Å². The van der Waals surface area contributed by atoms with Crippen LogP contribution >= 0.6 is 11.8 Å². The standard InChI is InChI=1S/C17H19NS/c1-13-10-14-6-2-3-7-15(14)11-18-12-16-8-4-5-9-17(16)19-13/h2-9,12-13,17-18H,10-11H2,1H3/b16-12-. The normalized spacial score (nSPS) is 28.6. The summed E-state index contributed by atoms with van der Waals surface area (Å²) in [5.74, 6) is 0. The van der Waals surface area contributed by atoms with Gasteiger partial charge in [0.15, 0.2) is 0 Å². The lowest BCUT2D eigenvalue weighted by molar-refractivity contribution is 0.823. The monoisotopic (exact) mass is 269 g/mol. The molecule has 2 atom stereocenters. The fraction of sp³-hybridized carbons (Fsp3) is 0.294. The predicted molar refractivity (Wildman–Crippen MR) is 84.2 cm³/mol. The van der Waals surface area contributed by atoms with E-state index < -0.39 is 0 Å². The Morgan fingerprint density at radius 2 is 2.00 bits per heavy atom. The van der Waals surface area contributed by atoms with Gasteiger partial charge in [-0.15, -0.1) is 11.8 Å². The highest BCUT2D eigenvalue weighted by Gasteiger charge is 2.18. The maximum Gasteiger partial charge on any atom is 0.0497 e. The minimum Gasteiger partial charge on any atom is -0.387 e. The van der Waals surface area contributed by atoms with Crippen LogP contribution in [-0.4, -0.2) is 10.5 Å². The summed E-state index contributed by atoms with van der Waals surface area (Å²) in [5, 5.41) is 4.58. The summed E-state index contributed by atoms with van der Waals surface area (Å²) in [4.78, 5) is 0. The van der Waals surface area contributed by atoms with Gasteiger partial charge in [-0.25, -0.2) is 0 Å². The van der Waals surface area contributed by atoms with Gasteiger partial charge in [-0.2, -0.15) is 0 Å². The first-order valence-corrected chi connectivity index (χ1v) is 7.78. The fourth-order valence-corrected chi connectivity index (χ4v) is 3.87. The Hall–Kier alpha value is -1.41. The molecule has 0 bridgehead atoms. The van der Waals surface area contributed by atoms with Crippen molar-refractivity contribution in [2.75, 3.05) is 0 Å². The molecule has 1 heterocycles. The maximum absolute atomic E-state index is 3.46. The minimum atomic E-state index is 0.484. The van der Waals surface area contributed by atoms with E-state index in [9.17, 15) is 0 Å². The van der Waals surface area contributed by atoms with Crippen molar-refractivity contribution in [1.82, 2.24) is 5.32 Å². The van der Waals surface area contributed by atoms with Gasteiger partial charge < -0.3 is 5.32 Å². The fourth-order valence-electron chi connectivity index (χ4n) is 2.61. The van der Waals surface area contributed by atoms with Crippen LogP contribution in [0.25, 0.3) is 0 Å². The summed E-state index contributed by atoms with van der Waals surface area (Å²) in [6, 6.07) is 8.76. The summed E-state index contributed by atoms with van der Waals surface area (Å²) in [6.07, 6.45) is 12.1. The van der Waals surface area contributed by atoms with E-state index in [4.69, 9.17) is 0 Å². The van der Waals surface area contributed by atoms with Crippen LogP contribution in [0, 0.1) is 0 Å². The van der Waals surface area contributed by atoms with Crippen LogP contribution in [0.3, 0.4) is 0 Å². The van der Waals surface area contributed by atoms with E-state index in [0.29, 0.717) is 10.5 Å². The molecule has 0 spiro atoms. The zero-order valence-electron chi connectivity index (χ0n) is 11.2. The van der Waals surface area contributed by atoms with Crippen LogP contribution in [0.15, 0.2) is 60.3 Å². The van der Waals surface area contributed by atoms with Gasteiger partial charge in [0.25, 0.3) is 0 Å².